The zero-order chi connectivity index (χ0) is 13.5. The van der Waals surface area contributed by atoms with Crippen molar-refractivity contribution < 1.29 is 9.66 Å². The molecular weight excluding hydrogens is 300 g/mol. The lowest BCUT2D eigenvalue weighted by Gasteiger charge is -2.18. The number of anilines is 1. The van der Waals surface area contributed by atoms with Crippen LogP contribution >= 0.6 is 15.9 Å². The number of nitro benzene ring substituents is 1. The van der Waals surface area contributed by atoms with E-state index in [0.717, 1.165) is 12.8 Å². The molecule has 0 aliphatic rings. The van der Waals surface area contributed by atoms with Crippen molar-refractivity contribution in [3.8, 4) is 0 Å². The van der Waals surface area contributed by atoms with Crippen molar-refractivity contribution in [2.45, 2.75) is 25.8 Å². The molecule has 0 radical (unpaired) electrons. The highest BCUT2D eigenvalue weighted by Gasteiger charge is 2.17. The van der Waals surface area contributed by atoms with Crippen molar-refractivity contribution in [2.24, 2.45) is 0 Å². The second-order valence-electron chi connectivity index (χ2n) is 4.00. The van der Waals surface area contributed by atoms with Crippen LogP contribution in [0, 0.1) is 10.1 Å². The Bertz CT molecular complexity index is 406. The van der Waals surface area contributed by atoms with Crippen LogP contribution in [0.1, 0.15) is 19.8 Å². The molecule has 0 spiro atoms. The summed E-state index contributed by atoms with van der Waals surface area (Å²) >= 11 is 3.24. The smallest absolute Gasteiger partial charge is 0.293 e. The third kappa shape index (κ3) is 4.27. The molecule has 100 valence electrons. The molecule has 1 atom stereocenters. The minimum atomic E-state index is -0.386. The SMILES string of the molecule is CCCC(COC)Nc1ccc(Br)cc1[N+](=O)[O-]. The molecule has 0 saturated heterocycles. The first-order valence-corrected chi connectivity index (χ1v) is 6.57. The largest absolute Gasteiger partial charge is 0.383 e. The summed E-state index contributed by atoms with van der Waals surface area (Å²) < 4.78 is 5.80. The van der Waals surface area contributed by atoms with Gasteiger partial charge in [-0.05, 0) is 18.6 Å². The van der Waals surface area contributed by atoms with E-state index in [-0.39, 0.29) is 16.7 Å². The molecule has 1 N–H and O–H groups in total. The summed E-state index contributed by atoms with van der Waals surface area (Å²) in [5.41, 5.74) is 0.597. The number of halogens is 1. The van der Waals surface area contributed by atoms with Crippen molar-refractivity contribution in [1.82, 2.24) is 0 Å². The lowest BCUT2D eigenvalue weighted by Crippen LogP contribution is -2.25. The van der Waals surface area contributed by atoms with E-state index in [0.29, 0.717) is 16.8 Å². The fraction of sp³-hybridized carbons (Fsp3) is 0.500. The molecule has 1 unspecified atom stereocenters. The van der Waals surface area contributed by atoms with E-state index in [1.165, 1.54) is 6.07 Å². The van der Waals surface area contributed by atoms with Gasteiger partial charge in [0.15, 0.2) is 0 Å². The van der Waals surface area contributed by atoms with E-state index in [9.17, 15) is 10.1 Å². The molecule has 1 rings (SSSR count). The molecule has 0 bridgehead atoms. The maximum absolute atomic E-state index is 11.0. The quantitative estimate of drug-likeness (QED) is 0.616. The van der Waals surface area contributed by atoms with Crippen LogP contribution in [-0.2, 0) is 4.74 Å². The number of nitro groups is 1. The van der Waals surface area contributed by atoms with Gasteiger partial charge < -0.3 is 10.1 Å². The summed E-state index contributed by atoms with van der Waals surface area (Å²) in [6.45, 7) is 2.60. The first-order chi connectivity index (χ1) is 8.58. The van der Waals surface area contributed by atoms with E-state index in [4.69, 9.17) is 4.74 Å². The van der Waals surface area contributed by atoms with Crippen LogP contribution < -0.4 is 5.32 Å². The second kappa shape index (κ2) is 7.33. The van der Waals surface area contributed by atoms with Gasteiger partial charge in [-0.15, -0.1) is 0 Å². The molecular formula is C12H17BrN2O3. The lowest BCUT2D eigenvalue weighted by molar-refractivity contribution is -0.384. The van der Waals surface area contributed by atoms with E-state index >= 15 is 0 Å². The Morgan fingerprint density at radius 3 is 2.83 bits per heavy atom. The van der Waals surface area contributed by atoms with E-state index in [1.807, 2.05) is 0 Å². The molecule has 6 heteroatoms. The van der Waals surface area contributed by atoms with Gasteiger partial charge in [-0.1, -0.05) is 29.3 Å². The van der Waals surface area contributed by atoms with Crippen LogP contribution in [0.3, 0.4) is 0 Å². The summed E-state index contributed by atoms with van der Waals surface area (Å²) in [6.07, 6.45) is 1.90. The zero-order valence-corrected chi connectivity index (χ0v) is 12.1. The Morgan fingerprint density at radius 2 is 2.28 bits per heavy atom. The first-order valence-electron chi connectivity index (χ1n) is 5.77. The highest BCUT2D eigenvalue weighted by atomic mass is 79.9. The second-order valence-corrected chi connectivity index (χ2v) is 4.92. The third-order valence-electron chi connectivity index (χ3n) is 2.52. The van der Waals surface area contributed by atoms with Gasteiger partial charge in [0.25, 0.3) is 5.69 Å². The fourth-order valence-electron chi connectivity index (χ4n) is 1.74. The Balaban J connectivity index is 2.90. The summed E-state index contributed by atoms with van der Waals surface area (Å²) in [7, 11) is 1.63. The molecule has 0 aliphatic carbocycles. The predicted octanol–water partition coefficient (Wildman–Crippen LogP) is 3.58. The van der Waals surface area contributed by atoms with Crippen LogP contribution in [0.5, 0.6) is 0 Å². The summed E-state index contributed by atoms with van der Waals surface area (Å²) in [4.78, 5) is 10.6. The van der Waals surface area contributed by atoms with Gasteiger partial charge in [-0.25, -0.2) is 0 Å². The minimum absolute atomic E-state index is 0.0709. The number of nitrogens with one attached hydrogen (secondary N) is 1. The number of methoxy groups -OCH3 is 1. The lowest BCUT2D eigenvalue weighted by atomic mass is 10.1. The number of ether oxygens (including phenoxy) is 1. The molecule has 0 heterocycles. The average Bonchev–Trinajstić information content (AvgIpc) is 2.32. The fourth-order valence-corrected chi connectivity index (χ4v) is 2.09. The van der Waals surface area contributed by atoms with Gasteiger partial charge in [0.2, 0.25) is 0 Å². The average molecular weight is 317 g/mol. The Morgan fingerprint density at radius 1 is 1.56 bits per heavy atom. The number of hydrogen-bond acceptors (Lipinski definition) is 4. The van der Waals surface area contributed by atoms with Gasteiger partial charge in [-0.3, -0.25) is 10.1 Å². The maximum Gasteiger partial charge on any atom is 0.293 e. The van der Waals surface area contributed by atoms with Gasteiger partial charge in [0.05, 0.1) is 11.5 Å². The summed E-state index contributed by atoms with van der Waals surface area (Å²) in [5.74, 6) is 0. The van der Waals surface area contributed by atoms with Crippen molar-refractivity contribution in [2.75, 3.05) is 19.0 Å². The van der Waals surface area contributed by atoms with Gasteiger partial charge in [0.1, 0.15) is 5.69 Å². The Labute approximate surface area is 115 Å². The van der Waals surface area contributed by atoms with Gasteiger partial charge >= 0.3 is 0 Å². The monoisotopic (exact) mass is 316 g/mol. The van der Waals surface area contributed by atoms with E-state index in [2.05, 4.69) is 28.2 Å². The van der Waals surface area contributed by atoms with Crippen LogP contribution in [0.25, 0.3) is 0 Å². The van der Waals surface area contributed by atoms with Crippen molar-refractivity contribution in [1.29, 1.82) is 0 Å². The predicted molar refractivity (Wildman–Crippen MR) is 75.0 cm³/mol. The van der Waals surface area contributed by atoms with Crippen LogP contribution in [0.4, 0.5) is 11.4 Å². The molecule has 0 aliphatic heterocycles. The normalized spacial score (nSPS) is 12.2. The molecule has 0 fully saturated rings. The summed E-state index contributed by atoms with van der Waals surface area (Å²) in [6, 6.07) is 5.07. The Hall–Kier alpha value is -1.14. The van der Waals surface area contributed by atoms with Crippen LogP contribution in [0.15, 0.2) is 22.7 Å². The van der Waals surface area contributed by atoms with Crippen LogP contribution in [-0.4, -0.2) is 24.7 Å². The molecule has 0 amide bonds. The van der Waals surface area contributed by atoms with E-state index < -0.39 is 0 Å². The molecule has 0 aromatic heterocycles. The standard InChI is InChI=1S/C12H17BrN2O3/c1-3-4-10(8-18-2)14-11-6-5-9(13)7-12(11)15(16)17/h5-7,10,14H,3-4,8H2,1-2H3. The molecule has 1 aromatic rings. The highest BCUT2D eigenvalue weighted by Crippen LogP contribution is 2.28. The number of benzene rings is 1. The van der Waals surface area contributed by atoms with Gasteiger partial charge in [-0.2, -0.15) is 0 Å². The highest BCUT2D eigenvalue weighted by molar-refractivity contribution is 9.10. The van der Waals surface area contributed by atoms with Gasteiger partial charge in [0, 0.05) is 23.7 Å². The number of hydrogen-bond donors (Lipinski definition) is 1. The topological polar surface area (TPSA) is 64.4 Å². The third-order valence-corrected chi connectivity index (χ3v) is 3.01. The Kier molecular flexibility index (Phi) is 6.07. The molecule has 1 aromatic carbocycles. The van der Waals surface area contributed by atoms with Crippen molar-refractivity contribution >= 4 is 27.3 Å². The first kappa shape index (κ1) is 14.9. The molecule has 0 saturated carbocycles. The molecule has 5 nitrogen and oxygen atoms in total. The maximum atomic E-state index is 11.0. The van der Waals surface area contributed by atoms with E-state index in [1.54, 1.807) is 19.2 Å². The minimum Gasteiger partial charge on any atom is -0.383 e. The van der Waals surface area contributed by atoms with Crippen molar-refractivity contribution in [3.05, 3.63) is 32.8 Å². The van der Waals surface area contributed by atoms with Crippen LogP contribution in [0.2, 0.25) is 0 Å². The number of nitrogens with zero attached hydrogens (tertiary/aromatic N) is 1. The van der Waals surface area contributed by atoms with Crippen molar-refractivity contribution in [3.63, 3.8) is 0 Å². The zero-order valence-electron chi connectivity index (χ0n) is 10.5. The summed E-state index contributed by atoms with van der Waals surface area (Å²) in [5, 5.41) is 14.2. The number of rotatable bonds is 7. The molecule has 18 heavy (non-hydrogen) atoms.